The van der Waals surface area contributed by atoms with Crippen molar-refractivity contribution in [3.8, 4) is 11.5 Å². The molecule has 252 valence electrons. The van der Waals surface area contributed by atoms with Crippen molar-refractivity contribution in [3.05, 3.63) is 125 Å². The smallest absolute Gasteiger partial charge is 0.266 e. The van der Waals surface area contributed by atoms with Crippen molar-refractivity contribution in [1.82, 2.24) is 10.9 Å². The second-order valence-corrected chi connectivity index (χ2v) is 13.1. The number of methoxy groups -OCH3 is 1. The Morgan fingerprint density at radius 3 is 2.35 bits per heavy atom. The number of amides is 1. The van der Waals surface area contributed by atoms with Crippen LogP contribution in [0.15, 0.2) is 107 Å². The molecule has 2 atom stereocenters. The number of hydrogen-bond donors (Lipinski definition) is 3. The SMILES string of the molecule is COc1cccc([C@@H]2OC(c3ccc(OCCCO)cc3)=N[C@]2(CCS(=O)(=O)c2ccccc2)C(=O)NNCc2c(F)cccc2F)c1. The molecule has 1 aliphatic rings. The third-order valence-electron chi connectivity index (χ3n) is 7.81. The first-order chi connectivity index (χ1) is 23.2. The average molecular weight is 680 g/mol. The van der Waals surface area contributed by atoms with Gasteiger partial charge in [0.1, 0.15) is 23.1 Å². The van der Waals surface area contributed by atoms with Gasteiger partial charge in [-0.2, -0.15) is 0 Å². The number of halogens is 2. The molecule has 0 saturated heterocycles. The summed E-state index contributed by atoms with van der Waals surface area (Å²) in [6, 6.07) is 24.8. The number of ether oxygens (including phenoxy) is 3. The summed E-state index contributed by atoms with van der Waals surface area (Å²) >= 11 is 0. The minimum atomic E-state index is -3.89. The molecular weight excluding hydrogens is 644 g/mol. The van der Waals surface area contributed by atoms with Crippen LogP contribution in [-0.4, -0.2) is 56.9 Å². The van der Waals surface area contributed by atoms with E-state index >= 15 is 0 Å². The van der Waals surface area contributed by atoms with Gasteiger partial charge in [0.2, 0.25) is 5.90 Å². The van der Waals surface area contributed by atoms with Crippen molar-refractivity contribution in [2.45, 2.75) is 35.9 Å². The van der Waals surface area contributed by atoms with Crippen LogP contribution in [0.3, 0.4) is 0 Å². The van der Waals surface area contributed by atoms with Crippen LogP contribution >= 0.6 is 0 Å². The Labute approximate surface area is 277 Å². The normalized spacial score (nSPS) is 17.3. The van der Waals surface area contributed by atoms with E-state index in [1.807, 2.05) is 0 Å². The molecule has 4 aromatic rings. The molecule has 0 aromatic heterocycles. The van der Waals surface area contributed by atoms with E-state index in [4.69, 9.17) is 24.3 Å². The molecule has 1 heterocycles. The summed E-state index contributed by atoms with van der Waals surface area (Å²) in [7, 11) is -2.41. The number of hydrogen-bond acceptors (Lipinski definition) is 9. The van der Waals surface area contributed by atoms with E-state index in [2.05, 4.69) is 10.9 Å². The molecule has 0 saturated carbocycles. The highest BCUT2D eigenvalue weighted by atomic mass is 32.2. The van der Waals surface area contributed by atoms with Crippen molar-refractivity contribution in [2.24, 2.45) is 4.99 Å². The Balaban J connectivity index is 1.54. The summed E-state index contributed by atoms with van der Waals surface area (Å²) in [4.78, 5) is 19.1. The van der Waals surface area contributed by atoms with Gasteiger partial charge in [0.05, 0.1) is 24.4 Å². The maximum absolute atomic E-state index is 14.3. The summed E-state index contributed by atoms with van der Waals surface area (Å²) in [5.41, 5.74) is 3.88. The van der Waals surface area contributed by atoms with Gasteiger partial charge in [-0.3, -0.25) is 10.2 Å². The van der Waals surface area contributed by atoms with Crippen LogP contribution in [-0.2, 0) is 25.9 Å². The fraction of sp³-hybridized carbons (Fsp3) is 0.257. The number of benzene rings is 4. The Bertz CT molecular complexity index is 1840. The van der Waals surface area contributed by atoms with E-state index in [9.17, 15) is 22.0 Å². The molecule has 0 aliphatic carbocycles. The number of carbonyl (C=O) groups excluding carboxylic acids is 1. The fourth-order valence-corrected chi connectivity index (χ4v) is 6.62. The van der Waals surface area contributed by atoms with Crippen molar-refractivity contribution < 1.29 is 41.3 Å². The first-order valence-corrected chi connectivity index (χ1v) is 16.8. The Morgan fingerprint density at radius 1 is 0.958 bits per heavy atom. The highest BCUT2D eigenvalue weighted by molar-refractivity contribution is 7.91. The lowest BCUT2D eigenvalue weighted by atomic mass is 9.85. The largest absolute Gasteiger partial charge is 0.497 e. The molecule has 48 heavy (non-hydrogen) atoms. The quantitative estimate of drug-likeness (QED) is 0.122. The molecule has 3 N–H and O–H groups in total. The molecule has 5 rings (SSSR count). The number of nitrogens with zero attached hydrogens (tertiary/aromatic N) is 1. The van der Waals surface area contributed by atoms with Gasteiger partial charge in [0, 0.05) is 37.1 Å². The summed E-state index contributed by atoms with van der Waals surface area (Å²) < 4.78 is 73.1. The number of sulfone groups is 1. The van der Waals surface area contributed by atoms with Gasteiger partial charge in [-0.15, -0.1) is 0 Å². The van der Waals surface area contributed by atoms with Crippen LogP contribution in [0.1, 0.15) is 35.6 Å². The first-order valence-electron chi connectivity index (χ1n) is 15.2. The van der Waals surface area contributed by atoms with Crippen LogP contribution < -0.4 is 20.3 Å². The number of rotatable bonds is 15. The maximum atomic E-state index is 14.3. The van der Waals surface area contributed by atoms with E-state index in [1.54, 1.807) is 66.7 Å². The lowest BCUT2D eigenvalue weighted by molar-refractivity contribution is -0.130. The average Bonchev–Trinajstić information content (AvgIpc) is 3.50. The van der Waals surface area contributed by atoms with Crippen LogP contribution in [0.4, 0.5) is 8.78 Å². The van der Waals surface area contributed by atoms with Gasteiger partial charge in [-0.05, 0) is 66.2 Å². The van der Waals surface area contributed by atoms with Crippen molar-refractivity contribution in [3.63, 3.8) is 0 Å². The van der Waals surface area contributed by atoms with Crippen molar-refractivity contribution in [2.75, 3.05) is 26.1 Å². The van der Waals surface area contributed by atoms with E-state index in [0.717, 1.165) is 12.1 Å². The fourth-order valence-electron chi connectivity index (χ4n) is 5.23. The lowest BCUT2D eigenvalue weighted by Gasteiger charge is -2.30. The van der Waals surface area contributed by atoms with Crippen LogP contribution in [0.5, 0.6) is 11.5 Å². The molecule has 0 spiro atoms. The standard InChI is InChI=1S/C35H35F2N3O7S/c1-45-27-9-5-8-25(22-27)32-35(18-21-48(43,44)28-10-3-2-4-11-28,34(42)40-38-23-29-30(36)12-6-13-31(29)37)39-33(47-32)24-14-16-26(17-15-24)46-20-7-19-41/h2-6,8-17,22,32,38,41H,7,18-21,23H2,1H3,(H,40,42)/t32-,35-/m0/s1. The highest BCUT2D eigenvalue weighted by Gasteiger charge is 2.54. The van der Waals surface area contributed by atoms with Crippen LogP contribution in [0.2, 0.25) is 0 Å². The molecule has 1 amide bonds. The van der Waals surface area contributed by atoms with Gasteiger partial charge in [-0.25, -0.2) is 27.6 Å². The zero-order chi connectivity index (χ0) is 34.1. The van der Waals surface area contributed by atoms with Crippen LogP contribution in [0.25, 0.3) is 0 Å². The molecule has 1 aliphatic heterocycles. The number of aliphatic hydroxyl groups excluding tert-OH is 1. The number of nitrogens with one attached hydrogen (secondary N) is 2. The number of carbonyl (C=O) groups is 1. The number of hydrazine groups is 1. The van der Waals surface area contributed by atoms with Crippen molar-refractivity contribution >= 4 is 21.6 Å². The van der Waals surface area contributed by atoms with Gasteiger partial charge >= 0.3 is 0 Å². The zero-order valence-electron chi connectivity index (χ0n) is 26.1. The molecule has 0 fully saturated rings. The molecule has 0 unspecified atom stereocenters. The Hall–Kier alpha value is -4.85. The van der Waals surface area contributed by atoms with E-state index < -0.39 is 51.3 Å². The monoisotopic (exact) mass is 679 g/mol. The summed E-state index contributed by atoms with van der Waals surface area (Å²) in [6.45, 7) is -0.0988. The number of aliphatic imine (C=N–C) groups is 1. The Morgan fingerprint density at radius 2 is 1.67 bits per heavy atom. The maximum Gasteiger partial charge on any atom is 0.266 e. The molecule has 0 radical (unpaired) electrons. The molecule has 13 heteroatoms. The molecule has 4 aromatic carbocycles. The van der Waals surface area contributed by atoms with Gasteiger partial charge in [0.15, 0.2) is 21.5 Å². The third-order valence-corrected chi connectivity index (χ3v) is 9.54. The van der Waals surface area contributed by atoms with Crippen molar-refractivity contribution in [1.29, 1.82) is 0 Å². The first kappa shape index (κ1) is 34.5. The summed E-state index contributed by atoms with van der Waals surface area (Å²) in [6.07, 6.45) is -0.999. The number of aliphatic hydroxyl groups is 1. The topological polar surface area (TPSA) is 136 Å². The van der Waals surface area contributed by atoms with Gasteiger partial charge in [-0.1, -0.05) is 36.4 Å². The Kier molecular flexibility index (Phi) is 11.0. The predicted molar refractivity (Wildman–Crippen MR) is 174 cm³/mol. The third kappa shape index (κ3) is 7.81. The minimum absolute atomic E-state index is 0.0113. The lowest BCUT2D eigenvalue weighted by Crippen LogP contribution is -2.53. The molecule has 10 nitrogen and oxygen atoms in total. The summed E-state index contributed by atoms with van der Waals surface area (Å²) in [5, 5.41) is 9.04. The van der Waals surface area contributed by atoms with Crippen LogP contribution in [0, 0.1) is 11.6 Å². The van der Waals surface area contributed by atoms with E-state index in [-0.39, 0.29) is 29.4 Å². The van der Waals surface area contributed by atoms with E-state index in [1.165, 1.54) is 25.3 Å². The zero-order valence-corrected chi connectivity index (χ0v) is 26.9. The summed E-state index contributed by atoms with van der Waals surface area (Å²) in [5.74, 6) is -1.80. The minimum Gasteiger partial charge on any atom is -0.497 e. The van der Waals surface area contributed by atoms with Gasteiger partial charge in [0.25, 0.3) is 5.91 Å². The van der Waals surface area contributed by atoms with Gasteiger partial charge < -0.3 is 19.3 Å². The highest BCUT2D eigenvalue weighted by Crippen LogP contribution is 2.43. The molecular formula is C35H35F2N3O7S. The predicted octanol–water partition coefficient (Wildman–Crippen LogP) is 4.68. The van der Waals surface area contributed by atoms with E-state index in [0.29, 0.717) is 35.7 Å². The second kappa shape index (κ2) is 15.4. The second-order valence-electron chi connectivity index (χ2n) is 11.0. The molecule has 0 bridgehead atoms.